The summed E-state index contributed by atoms with van der Waals surface area (Å²) in [7, 11) is 0. The maximum Gasteiger partial charge on any atom is 0.311 e. The molecule has 0 amide bonds. The molecule has 17 heavy (non-hydrogen) atoms. The fourth-order valence-electron chi connectivity index (χ4n) is 2.34. The highest BCUT2D eigenvalue weighted by molar-refractivity contribution is 9.10. The molecule has 1 aromatic rings. The first-order chi connectivity index (χ1) is 8.18. The fourth-order valence-corrected chi connectivity index (χ4v) is 3.96. The Bertz CT molecular complexity index is 402. The van der Waals surface area contributed by atoms with Crippen LogP contribution in [0.3, 0.4) is 0 Å². The molecule has 1 fully saturated rings. The highest BCUT2D eigenvalue weighted by Crippen LogP contribution is 2.35. The summed E-state index contributed by atoms with van der Waals surface area (Å²) in [6, 6.07) is 7.68. The third kappa shape index (κ3) is 3.26. The van der Waals surface area contributed by atoms with E-state index in [4.69, 9.17) is 0 Å². The van der Waals surface area contributed by atoms with Crippen molar-refractivity contribution in [3.05, 3.63) is 34.3 Å². The van der Waals surface area contributed by atoms with Crippen LogP contribution < -0.4 is 0 Å². The molecular weight excluding hydrogens is 300 g/mol. The number of hydrogen-bond donors (Lipinski definition) is 1. The van der Waals surface area contributed by atoms with Gasteiger partial charge in [-0.05, 0) is 48.0 Å². The minimum Gasteiger partial charge on any atom is -0.481 e. The van der Waals surface area contributed by atoms with Gasteiger partial charge in [-0.3, -0.25) is 4.79 Å². The molecule has 1 saturated heterocycles. The molecule has 0 aromatic heterocycles. The molecule has 2 nitrogen and oxygen atoms in total. The van der Waals surface area contributed by atoms with E-state index in [2.05, 4.69) is 15.9 Å². The van der Waals surface area contributed by atoms with Gasteiger partial charge in [0.2, 0.25) is 0 Å². The largest absolute Gasteiger partial charge is 0.481 e. The number of halogens is 1. The SMILES string of the molecule is O=C(O)C(c1cccc(Br)c1)C1CCCSC1. The molecule has 2 rings (SSSR count). The van der Waals surface area contributed by atoms with E-state index in [-0.39, 0.29) is 11.8 Å². The number of rotatable bonds is 3. The molecule has 1 aromatic carbocycles. The van der Waals surface area contributed by atoms with Crippen LogP contribution in [0.5, 0.6) is 0 Å². The monoisotopic (exact) mass is 314 g/mol. The Balaban J connectivity index is 2.25. The smallest absolute Gasteiger partial charge is 0.311 e. The molecule has 92 valence electrons. The van der Waals surface area contributed by atoms with Crippen LogP contribution in [0.4, 0.5) is 0 Å². The van der Waals surface area contributed by atoms with Crippen LogP contribution in [0, 0.1) is 5.92 Å². The van der Waals surface area contributed by atoms with Gasteiger partial charge in [-0.25, -0.2) is 0 Å². The van der Waals surface area contributed by atoms with E-state index in [1.807, 2.05) is 36.0 Å². The molecule has 0 saturated carbocycles. The van der Waals surface area contributed by atoms with Gasteiger partial charge >= 0.3 is 5.97 Å². The fraction of sp³-hybridized carbons (Fsp3) is 0.462. The molecule has 0 radical (unpaired) electrons. The highest BCUT2D eigenvalue weighted by atomic mass is 79.9. The Morgan fingerprint density at radius 1 is 1.53 bits per heavy atom. The van der Waals surface area contributed by atoms with E-state index in [1.54, 1.807) is 0 Å². The van der Waals surface area contributed by atoms with Crippen molar-refractivity contribution < 1.29 is 9.90 Å². The van der Waals surface area contributed by atoms with E-state index in [0.717, 1.165) is 28.6 Å². The van der Waals surface area contributed by atoms with Crippen LogP contribution in [0.1, 0.15) is 24.3 Å². The van der Waals surface area contributed by atoms with Crippen LogP contribution in [-0.2, 0) is 4.79 Å². The van der Waals surface area contributed by atoms with E-state index in [9.17, 15) is 9.90 Å². The van der Waals surface area contributed by atoms with E-state index >= 15 is 0 Å². The zero-order chi connectivity index (χ0) is 12.3. The lowest BCUT2D eigenvalue weighted by atomic mass is 9.84. The molecule has 1 N–H and O–H groups in total. The van der Waals surface area contributed by atoms with Crippen LogP contribution in [0.15, 0.2) is 28.7 Å². The Kier molecular flexibility index (Phi) is 4.51. The Labute approximate surface area is 114 Å². The number of aliphatic carboxylic acids is 1. The van der Waals surface area contributed by atoms with Gasteiger partial charge in [0.1, 0.15) is 0 Å². The van der Waals surface area contributed by atoms with Crippen LogP contribution >= 0.6 is 27.7 Å². The minimum atomic E-state index is -0.699. The maximum atomic E-state index is 11.5. The molecular formula is C13H15BrO2S. The second-order valence-corrected chi connectivity index (χ2v) is 6.41. The van der Waals surface area contributed by atoms with Gasteiger partial charge in [-0.15, -0.1) is 0 Å². The summed E-state index contributed by atoms with van der Waals surface area (Å²) in [5.41, 5.74) is 0.916. The molecule has 4 heteroatoms. The molecule has 0 bridgehead atoms. The van der Waals surface area contributed by atoms with E-state index in [0.29, 0.717) is 0 Å². The summed E-state index contributed by atoms with van der Waals surface area (Å²) in [5.74, 6) is 1.33. The number of hydrogen-bond acceptors (Lipinski definition) is 2. The van der Waals surface area contributed by atoms with Crippen molar-refractivity contribution >= 4 is 33.7 Å². The molecule has 0 aliphatic carbocycles. The highest BCUT2D eigenvalue weighted by Gasteiger charge is 2.31. The minimum absolute atomic E-state index is 0.264. The summed E-state index contributed by atoms with van der Waals surface area (Å²) in [6.45, 7) is 0. The predicted octanol–water partition coefficient (Wildman–Crippen LogP) is 3.76. The van der Waals surface area contributed by atoms with Gasteiger partial charge < -0.3 is 5.11 Å². The number of thioether (sulfide) groups is 1. The topological polar surface area (TPSA) is 37.3 Å². The lowest BCUT2D eigenvalue weighted by molar-refractivity contribution is -0.140. The molecule has 2 atom stereocenters. The Morgan fingerprint density at radius 3 is 2.94 bits per heavy atom. The Morgan fingerprint density at radius 2 is 2.35 bits per heavy atom. The lowest BCUT2D eigenvalue weighted by Crippen LogP contribution is -2.25. The first kappa shape index (κ1) is 13.0. The molecule has 0 spiro atoms. The number of carbonyl (C=O) groups is 1. The van der Waals surface area contributed by atoms with Gasteiger partial charge in [0.15, 0.2) is 0 Å². The predicted molar refractivity (Wildman–Crippen MR) is 74.6 cm³/mol. The van der Waals surface area contributed by atoms with Crippen LogP contribution in [0.25, 0.3) is 0 Å². The van der Waals surface area contributed by atoms with E-state index < -0.39 is 5.97 Å². The van der Waals surface area contributed by atoms with Gasteiger partial charge in [0, 0.05) is 4.47 Å². The molecule has 2 unspecified atom stereocenters. The number of carboxylic acid groups (broad SMARTS) is 1. The third-order valence-corrected chi connectivity index (χ3v) is 4.88. The normalized spacial score (nSPS) is 22.1. The number of carboxylic acids is 1. The quantitative estimate of drug-likeness (QED) is 0.923. The first-order valence-corrected chi connectivity index (χ1v) is 7.69. The molecule has 1 aliphatic rings. The van der Waals surface area contributed by atoms with Crippen LogP contribution in [0.2, 0.25) is 0 Å². The van der Waals surface area contributed by atoms with Crippen LogP contribution in [-0.4, -0.2) is 22.6 Å². The van der Waals surface area contributed by atoms with Gasteiger partial charge in [0.25, 0.3) is 0 Å². The van der Waals surface area contributed by atoms with Crippen molar-refractivity contribution in [1.29, 1.82) is 0 Å². The maximum absolute atomic E-state index is 11.5. The Hall–Kier alpha value is -0.480. The lowest BCUT2D eigenvalue weighted by Gasteiger charge is -2.27. The summed E-state index contributed by atoms with van der Waals surface area (Å²) in [5, 5.41) is 9.45. The average Bonchev–Trinajstić information content (AvgIpc) is 2.30. The zero-order valence-corrected chi connectivity index (χ0v) is 11.8. The van der Waals surface area contributed by atoms with Crippen molar-refractivity contribution in [2.75, 3.05) is 11.5 Å². The second-order valence-electron chi connectivity index (χ2n) is 4.35. The first-order valence-electron chi connectivity index (χ1n) is 5.74. The summed E-state index contributed by atoms with van der Waals surface area (Å²) >= 11 is 5.28. The summed E-state index contributed by atoms with van der Waals surface area (Å²) in [4.78, 5) is 11.5. The molecule has 1 heterocycles. The van der Waals surface area contributed by atoms with Gasteiger partial charge in [0.05, 0.1) is 5.92 Å². The summed E-state index contributed by atoms with van der Waals surface area (Å²) < 4.78 is 0.949. The zero-order valence-electron chi connectivity index (χ0n) is 9.43. The van der Waals surface area contributed by atoms with Crippen molar-refractivity contribution in [2.24, 2.45) is 5.92 Å². The van der Waals surface area contributed by atoms with Gasteiger partial charge in [-0.2, -0.15) is 11.8 Å². The van der Waals surface area contributed by atoms with E-state index in [1.165, 1.54) is 5.75 Å². The van der Waals surface area contributed by atoms with Gasteiger partial charge in [-0.1, -0.05) is 28.1 Å². The average molecular weight is 315 g/mol. The van der Waals surface area contributed by atoms with Crippen molar-refractivity contribution in [2.45, 2.75) is 18.8 Å². The second kappa shape index (κ2) is 5.91. The van der Waals surface area contributed by atoms with Crippen molar-refractivity contribution in [3.8, 4) is 0 Å². The number of benzene rings is 1. The molecule has 1 aliphatic heterocycles. The van der Waals surface area contributed by atoms with Crippen molar-refractivity contribution in [1.82, 2.24) is 0 Å². The summed E-state index contributed by atoms with van der Waals surface area (Å²) in [6.07, 6.45) is 2.16. The standard InChI is InChI=1S/C13H15BrO2S/c14-11-5-1-3-9(7-11)12(13(15)16)10-4-2-6-17-8-10/h1,3,5,7,10,12H,2,4,6,8H2,(H,15,16). The van der Waals surface area contributed by atoms with Crippen molar-refractivity contribution in [3.63, 3.8) is 0 Å². The third-order valence-electron chi connectivity index (χ3n) is 3.14.